The van der Waals surface area contributed by atoms with Gasteiger partial charge in [-0.25, -0.2) is 0 Å². The van der Waals surface area contributed by atoms with E-state index in [0.717, 1.165) is 19.0 Å². The molecule has 0 saturated carbocycles. The van der Waals surface area contributed by atoms with Crippen molar-refractivity contribution >= 4 is 5.96 Å². The number of nitrogens with zero attached hydrogens (tertiary/aromatic N) is 2. The lowest BCUT2D eigenvalue weighted by Crippen LogP contribution is -2.38. The Morgan fingerprint density at radius 1 is 1.33 bits per heavy atom. The van der Waals surface area contributed by atoms with E-state index < -0.39 is 0 Å². The minimum absolute atomic E-state index is 0.647. The minimum Gasteiger partial charge on any atom is -0.383 e. The summed E-state index contributed by atoms with van der Waals surface area (Å²) in [7, 11) is 3.73. The first-order chi connectivity index (χ1) is 8.77. The number of aliphatic imine (C=N–C) groups is 1. The molecule has 0 unspecified atom stereocenters. The maximum atomic E-state index is 5.02. The number of ether oxygens (including phenoxy) is 1. The van der Waals surface area contributed by atoms with Gasteiger partial charge in [-0.2, -0.15) is 0 Å². The molecule has 18 heavy (non-hydrogen) atoms. The van der Waals surface area contributed by atoms with Crippen molar-refractivity contribution in [2.45, 2.75) is 13.5 Å². The van der Waals surface area contributed by atoms with Crippen molar-refractivity contribution in [1.29, 1.82) is 0 Å². The monoisotopic (exact) mass is 249 g/mol. The van der Waals surface area contributed by atoms with Crippen molar-refractivity contribution in [3.63, 3.8) is 0 Å². The number of hydrogen-bond acceptors (Lipinski definition) is 2. The van der Waals surface area contributed by atoms with Crippen LogP contribution in [0, 0.1) is 0 Å². The highest BCUT2D eigenvalue weighted by Crippen LogP contribution is 2.02. The van der Waals surface area contributed by atoms with Crippen molar-refractivity contribution in [1.82, 2.24) is 10.2 Å². The molecule has 0 spiro atoms. The fourth-order valence-corrected chi connectivity index (χ4v) is 1.64. The molecule has 0 aliphatic rings. The van der Waals surface area contributed by atoms with Crippen LogP contribution in [0.2, 0.25) is 0 Å². The normalized spacial score (nSPS) is 11.4. The van der Waals surface area contributed by atoms with Gasteiger partial charge in [-0.3, -0.25) is 4.99 Å². The maximum absolute atomic E-state index is 5.02. The van der Waals surface area contributed by atoms with E-state index in [0.29, 0.717) is 13.2 Å². The number of hydrogen-bond donors (Lipinski definition) is 1. The van der Waals surface area contributed by atoms with Crippen LogP contribution in [0.3, 0.4) is 0 Å². The molecular formula is C14H23N3O. The largest absolute Gasteiger partial charge is 0.383 e. The van der Waals surface area contributed by atoms with E-state index in [9.17, 15) is 0 Å². The van der Waals surface area contributed by atoms with Gasteiger partial charge in [0, 0.05) is 27.2 Å². The highest BCUT2D eigenvalue weighted by molar-refractivity contribution is 5.79. The Hall–Kier alpha value is -1.55. The molecule has 0 bridgehead atoms. The molecule has 100 valence electrons. The van der Waals surface area contributed by atoms with E-state index in [4.69, 9.17) is 4.74 Å². The molecule has 0 heterocycles. The molecular weight excluding hydrogens is 226 g/mol. The topological polar surface area (TPSA) is 36.9 Å². The Morgan fingerprint density at radius 2 is 2.06 bits per heavy atom. The van der Waals surface area contributed by atoms with E-state index in [1.807, 2.05) is 13.1 Å². The first kappa shape index (κ1) is 14.5. The highest BCUT2D eigenvalue weighted by Gasteiger charge is 2.05. The molecule has 0 saturated heterocycles. The van der Waals surface area contributed by atoms with Crippen LogP contribution < -0.4 is 5.32 Å². The molecule has 0 aromatic heterocycles. The van der Waals surface area contributed by atoms with Gasteiger partial charge < -0.3 is 15.0 Å². The van der Waals surface area contributed by atoms with Crippen LogP contribution in [-0.2, 0) is 11.3 Å². The SMILES string of the molecule is CCNC(=NCCOC)N(C)Cc1ccccc1. The zero-order valence-corrected chi connectivity index (χ0v) is 11.5. The molecule has 1 rings (SSSR count). The molecule has 1 N–H and O–H groups in total. The first-order valence-electron chi connectivity index (χ1n) is 6.30. The smallest absolute Gasteiger partial charge is 0.194 e. The second-order valence-corrected chi connectivity index (χ2v) is 4.07. The molecule has 0 fully saturated rings. The van der Waals surface area contributed by atoms with Crippen LogP contribution in [0.25, 0.3) is 0 Å². The Bertz CT molecular complexity index is 351. The quantitative estimate of drug-likeness (QED) is 0.474. The summed E-state index contributed by atoms with van der Waals surface area (Å²) >= 11 is 0. The van der Waals surface area contributed by atoms with E-state index in [-0.39, 0.29) is 0 Å². The Balaban J connectivity index is 2.58. The van der Waals surface area contributed by atoms with Gasteiger partial charge in [-0.15, -0.1) is 0 Å². The standard InChI is InChI=1S/C14H23N3O/c1-4-15-14(16-10-11-18-3)17(2)12-13-8-6-5-7-9-13/h5-9H,4,10-12H2,1-3H3,(H,15,16). The van der Waals surface area contributed by atoms with Gasteiger partial charge in [-0.1, -0.05) is 30.3 Å². The van der Waals surface area contributed by atoms with E-state index in [1.54, 1.807) is 7.11 Å². The summed E-state index contributed by atoms with van der Waals surface area (Å²) < 4.78 is 5.02. The Morgan fingerprint density at radius 3 is 2.67 bits per heavy atom. The van der Waals surface area contributed by atoms with Crippen LogP contribution in [0.15, 0.2) is 35.3 Å². The zero-order valence-electron chi connectivity index (χ0n) is 11.5. The average Bonchev–Trinajstić information content (AvgIpc) is 2.39. The van der Waals surface area contributed by atoms with Crippen molar-refractivity contribution in [3.8, 4) is 0 Å². The first-order valence-corrected chi connectivity index (χ1v) is 6.30. The van der Waals surface area contributed by atoms with Crippen LogP contribution in [0.5, 0.6) is 0 Å². The molecule has 1 aromatic carbocycles. The molecule has 0 aliphatic carbocycles. The van der Waals surface area contributed by atoms with Gasteiger partial charge in [0.2, 0.25) is 0 Å². The van der Waals surface area contributed by atoms with Crippen molar-refractivity contribution in [2.75, 3.05) is 33.9 Å². The number of methoxy groups -OCH3 is 1. The molecule has 1 aromatic rings. The Kier molecular flexibility index (Phi) is 6.87. The molecule has 0 aliphatic heterocycles. The number of nitrogens with one attached hydrogen (secondary N) is 1. The third-order valence-electron chi connectivity index (χ3n) is 2.52. The molecule has 0 amide bonds. The lowest BCUT2D eigenvalue weighted by atomic mass is 10.2. The number of benzene rings is 1. The molecule has 0 atom stereocenters. The summed E-state index contributed by atoms with van der Waals surface area (Å²) in [5.74, 6) is 0.915. The van der Waals surface area contributed by atoms with Gasteiger partial charge >= 0.3 is 0 Å². The predicted molar refractivity (Wildman–Crippen MR) is 75.8 cm³/mol. The van der Waals surface area contributed by atoms with Crippen molar-refractivity contribution in [2.24, 2.45) is 4.99 Å². The lowest BCUT2D eigenvalue weighted by molar-refractivity contribution is 0.207. The summed E-state index contributed by atoms with van der Waals surface area (Å²) in [4.78, 5) is 6.63. The lowest BCUT2D eigenvalue weighted by Gasteiger charge is -2.22. The number of guanidine groups is 1. The summed E-state index contributed by atoms with van der Waals surface area (Å²) in [6.45, 7) is 5.11. The summed E-state index contributed by atoms with van der Waals surface area (Å²) in [6, 6.07) is 10.4. The highest BCUT2D eigenvalue weighted by atomic mass is 16.5. The van der Waals surface area contributed by atoms with Gasteiger partial charge in [0.05, 0.1) is 13.2 Å². The second-order valence-electron chi connectivity index (χ2n) is 4.07. The molecule has 0 radical (unpaired) electrons. The van der Waals surface area contributed by atoms with E-state index >= 15 is 0 Å². The third-order valence-corrected chi connectivity index (χ3v) is 2.52. The van der Waals surface area contributed by atoms with E-state index in [2.05, 4.69) is 46.4 Å². The predicted octanol–water partition coefficient (Wildman–Crippen LogP) is 1.73. The summed E-state index contributed by atoms with van der Waals surface area (Å²) in [5.41, 5.74) is 1.28. The molecule has 4 heteroatoms. The van der Waals surface area contributed by atoms with Gasteiger partial charge in [0.15, 0.2) is 5.96 Å². The zero-order chi connectivity index (χ0) is 13.2. The van der Waals surface area contributed by atoms with Crippen molar-refractivity contribution < 1.29 is 4.74 Å². The maximum Gasteiger partial charge on any atom is 0.194 e. The fraction of sp³-hybridized carbons (Fsp3) is 0.500. The van der Waals surface area contributed by atoms with Crippen LogP contribution in [-0.4, -0.2) is 44.7 Å². The fourth-order valence-electron chi connectivity index (χ4n) is 1.64. The third kappa shape index (κ3) is 5.19. The Labute approximate surface area is 110 Å². The average molecular weight is 249 g/mol. The van der Waals surface area contributed by atoms with Gasteiger partial charge in [-0.05, 0) is 12.5 Å². The molecule has 4 nitrogen and oxygen atoms in total. The van der Waals surface area contributed by atoms with Crippen molar-refractivity contribution in [3.05, 3.63) is 35.9 Å². The van der Waals surface area contributed by atoms with Crippen LogP contribution in [0.1, 0.15) is 12.5 Å². The second kappa shape index (κ2) is 8.53. The van der Waals surface area contributed by atoms with Crippen LogP contribution >= 0.6 is 0 Å². The minimum atomic E-state index is 0.647. The van der Waals surface area contributed by atoms with Gasteiger partial charge in [0.1, 0.15) is 0 Å². The summed E-state index contributed by atoms with van der Waals surface area (Å²) in [5, 5.41) is 3.28. The van der Waals surface area contributed by atoms with E-state index in [1.165, 1.54) is 5.56 Å². The van der Waals surface area contributed by atoms with Crippen LogP contribution in [0.4, 0.5) is 0 Å². The summed E-state index contributed by atoms with van der Waals surface area (Å²) in [6.07, 6.45) is 0. The van der Waals surface area contributed by atoms with Gasteiger partial charge in [0.25, 0.3) is 0 Å². The number of rotatable bonds is 6.